The molecule has 0 unspecified atom stereocenters. The fourth-order valence-electron chi connectivity index (χ4n) is 1.61. The molecule has 1 aromatic rings. The summed E-state index contributed by atoms with van der Waals surface area (Å²) in [5, 5.41) is 11.6. The van der Waals surface area contributed by atoms with Gasteiger partial charge in [0.15, 0.2) is 0 Å². The van der Waals surface area contributed by atoms with Crippen LogP contribution in [-0.2, 0) is 20.7 Å². The van der Waals surface area contributed by atoms with Gasteiger partial charge in [-0.2, -0.15) is 0 Å². The highest BCUT2D eigenvalue weighted by Crippen LogP contribution is 2.18. The summed E-state index contributed by atoms with van der Waals surface area (Å²) in [6, 6.07) is 4.55. The molecule has 0 radical (unpaired) electrons. The van der Waals surface area contributed by atoms with Gasteiger partial charge in [-0.25, -0.2) is 4.79 Å². The largest absolute Gasteiger partial charge is 0.478 e. The Morgan fingerprint density at radius 1 is 1.32 bits per heavy atom. The van der Waals surface area contributed by atoms with Crippen molar-refractivity contribution in [3.05, 3.63) is 29.3 Å². The van der Waals surface area contributed by atoms with Gasteiger partial charge >= 0.3 is 11.9 Å². The van der Waals surface area contributed by atoms with Crippen molar-refractivity contribution in [3.63, 3.8) is 0 Å². The zero-order chi connectivity index (χ0) is 14.4. The number of hydrogen-bond acceptors (Lipinski definition) is 4. The first kappa shape index (κ1) is 14.7. The second-order valence-electron chi connectivity index (χ2n) is 3.93. The number of rotatable bonds is 5. The molecule has 0 aliphatic heterocycles. The Morgan fingerprint density at radius 2 is 2.00 bits per heavy atom. The van der Waals surface area contributed by atoms with E-state index < -0.39 is 11.9 Å². The first-order valence-electron chi connectivity index (χ1n) is 5.64. The molecule has 0 bridgehead atoms. The molecule has 2 N–H and O–H groups in total. The lowest BCUT2D eigenvalue weighted by molar-refractivity contribution is -0.140. The van der Waals surface area contributed by atoms with Gasteiger partial charge in [-0.1, -0.05) is 6.07 Å². The minimum atomic E-state index is -1.10. The van der Waals surface area contributed by atoms with Gasteiger partial charge in [0.1, 0.15) is 0 Å². The molecule has 19 heavy (non-hydrogen) atoms. The van der Waals surface area contributed by atoms with Gasteiger partial charge in [0.25, 0.3) is 0 Å². The van der Waals surface area contributed by atoms with Crippen LogP contribution < -0.4 is 5.32 Å². The average molecular weight is 265 g/mol. The number of carboxylic acid groups (broad SMARTS) is 1. The molecule has 0 saturated carbocycles. The Hall–Kier alpha value is -2.37. The average Bonchev–Trinajstić information content (AvgIpc) is 2.35. The molecule has 0 saturated heterocycles. The lowest BCUT2D eigenvalue weighted by atomic mass is 10.0. The van der Waals surface area contributed by atoms with Crippen molar-refractivity contribution in [2.45, 2.75) is 19.8 Å². The summed E-state index contributed by atoms with van der Waals surface area (Å²) in [6.07, 6.45) is 0.380. The maximum absolute atomic E-state index is 11.1. The number of carboxylic acids is 1. The van der Waals surface area contributed by atoms with Crippen molar-refractivity contribution in [2.24, 2.45) is 0 Å². The van der Waals surface area contributed by atoms with Gasteiger partial charge in [-0.05, 0) is 24.1 Å². The predicted molar refractivity (Wildman–Crippen MR) is 68.0 cm³/mol. The summed E-state index contributed by atoms with van der Waals surface area (Å²) in [7, 11) is 1.28. The maximum atomic E-state index is 11.1. The molecule has 102 valence electrons. The van der Waals surface area contributed by atoms with Crippen molar-refractivity contribution >= 4 is 23.5 Å². The Morgan fingerprint density at radius 3 is 2.53 bits per heavy atom. The van der Waals surface area contributed by atoms with Crippen molar-refractivity contribution in [1.82, 2.24) is 0 Å². The Labute approximate surface area is 110 Å². The Bertz CT molecular complexity index is 510. The first-order valence-corrected chi connectivity index (χ1v) is 5.64. The molecule has 1 rings (SSSR count). The molecule has 1 aromatic carbocycles. The summed E-state index contributed by atoms with van der Waals surface area (Å²) in [5.41, 5.74) is 0.994. The quantitative estimate of drug-likeness (QED) is 0.786. The third-order valence-corrected chi connectivity index (χ3v) is 2.49. The van der Waals surface area contributed by atoms with E-state index >= 15 is 0 Å². The summed E-state index contributed by atoms with van der Waals surface area (Å²) >= 11 is 0. The fourth-order valence-corrected chi connectivity index (χ4v) is 1.61. The number of methoxy groups -OCH3 is 1. The number of carbonyl (C=O) groups is 3. The number of aryl methyl sites for hydroxylation is 1. The summed E-state index contributed by atoms with van der Waals surface area (Å²) < 4.78 is 4.51. The second kappa shape index (κ2) is 6.53. The van der Waals surface area contributed by atoms with E-state index in [4.69, 9.17) is 5.11 Å². The van der Waals surface area contributed by atoms with Crippen LogP contribution in [0.15, 0.2) is 18.2 Å². The maximum Gasteiger partial charge on any atom is 0.336 e. The number of esters is 1. The van der Waals surface area contributed by atoms with Crippen LogP contribution in [-0.4, -0.2) is 30.1 Å². The first-order chi connectivity index (χ1) is 8.93. The molecule has 0 aliphatic rings. The lowest BCUT2D eigenvalue weighted by Gasteiger charge is -2.08. The molecule has 0 spiro atoms. The number of nitrogens with one attached hydrogen (secondary N) is 1. The molecular weight excluding hydrogens is 250 g/mol. The molecule has 0 fully saturated rings. The SMILES string of the molecule is COC(=O)CCc1ccc(NC(C)=O)cc1C(=O)O. The van der Waals surface area contributed by atoms with Crippen LogP contribution >= 0.6 is 0 Å². The van der Waals surface area contributed by atoms with Crippen LogP contribution in [0.4, 0.5) is 5.69 Å². The summed E-state index contributed by atoms with van der Waals surface area (Å²) in [6.45, 7) is 1.34. The molecule has 6 nitrogen and oxygen atoms in total. The minimum Gasteiger partial charge on any atom is -0.478 e. The van der Waals surface area contributed by atoms with Crippen molar-refractivity contribution in [2.75, 3.05) is 12.4 Å². The van der Waals surface area contributed by atoms with E-state index in [1.807, 2.05) is 0 Å². The Kier molecular flexibility index (Phi) is 5.05. The zero-order valence-electron chi connectivity index (χ0n) is 10.7. The normalized spacial score (nSPS) is 9.79. The standard InChI is InChI=1S/C13H15NO5/c1-8(15)14-10-5-3-9(4-6-12(16)19-2)11(7-10)13(17)18/h3,5,7H,4,6H2,1-2H3,(H,14,15)(H,17,18). The third kappa shape index (κ3) is 4.42. The van der Waals surface area contributed by atoms with E-state index in [1.165, 1.54) is 20.1 Å². The van der Waals surface area contributed by atoms with E-state index in [2.05, 4.69) is 10.1 Å². The van der Waals surface area contributed by atoms with Gasteiger partial charge < -0.3 is 15.2 Å². The van der Waals surface area contributed by atoms with Crippen LogP contribution in [0.1, 0.15) is 29.3 Å². The highest BCUT2D eigenvalue weighted by molar-refractivity contribution is 5.94. The predicted octanol–water partition coefficient (Wildman–Crippen LogP) is 1.45. The number of ether oxygens (including phenoxy) is 1. The highest BCUT2D eigenvalue weighted by Gasteiger charge is 2.13. The number of hydrogen-bond donors (Lipinski definition) is 2. The number of anilines is 1. The van der Waals surface area contributed by atoms with Gasteiger partial charge in [-0.15, -0.1) is 0 Å². The van der Waals surface area contributed by atoms with E-state index in [9.17, 15) is 14.4 Å². The number of amides is 1. The lowest BCUT2D eigenvalue weighted by Crippen LogP contribution is -2.10. The number of benzene rings is 1. The molecule has 0 aromatic heterocycles. The topological polar surface area (TPSA) is 92.7 Å². The van der Waals surface area contributed by atoms with E-state index in [0.29, 0.717) is 11.3 Å². The van der Waals surface area contributed by atoms with E-state index in [1.54, 1.807) is 12.1 Å². The molecule has 1 amide bonds. The molecule has 6 heteroatoms. The van der Waals surface area contributed by atoms with Crippen LogP contribution in [0.2, 0.25) is 0 Å². The smallest absolute Gasteiger partial charge is 0.336 e. The minimum absolute atomic E-state index is 0.0650. The van der Waals surface area contributed by atoms with Crippen molar-refractivity contribution in [1.29, 1.82) is 0 Å². The van der Waals surface area contributed by atoms with Gasteiger partial charge in [0.2, 0.25) is 5.91 Å². The third-order valence-electron chi connectivity index (χ3n) is 2.49. The summed E-state index contributed by atoms with van der Waals surface area (Å²) in [4.78, 5) is 33.1. The number of carbonyl (C=O) groups excluding carboxylic acids is 2. The second-order valence-corrected chi connectivity index (χ2v) is 3.93. The van der Waals surface area contributed by atoms with Crippen LogP contribution in [0.5, 0.6) is 0 Å². The van der Waals surface area contributed by atoms with Gasteiger partial charge in [-0.3, -0.25) is 9.59 Å². The van der Waals surface area contributed by atoms with E-state index in [-0.39, 0.29) is 24.3 Å². The van der Waals surface area contributed by atoms with E-state index in [0.717, 1.165) is 0 Å². The number of aromatic carboxylic acids is 1. The fraction of sp³-hybridized carbons (Fsp3) is 0.308. The summed E-state index contributed by atoms with van der Waals surface area (Å²) in [5.74, 6) is -1.78. The zero-order valence-corrected chi connectivity index (χ0v) is 10.7. The highest BCUT2D eigenvalue weighted by atomic mass is 16.5. The van der Waals surface area contributed by atoms with Crippen LogP contribution in [0.25, 0.3) is 0 Å². The molecule has 0 atom stereocenters. The molecular formula is C13H15NO5. The van der Waals surface area contributed by atoms with Gasteiger partial charge in [0, 0.05) is 19.0 Å². The molecule has 0 aliphatic carbocycles. The van der Waals surface area contributed by atoms with Crippen LogP contribution in [0, 0.1) is 0 Å². The van der Waals surface area contributed by atoms with Crippen molar-refractivity contribution in [3.8, 4) is 0 Å². The Balaban J connectivity index is 2.94. The van der Waals surface area contributed by atoms with Gasteiger partial charge in [0.05, 0.1) is 12.7 Å². The van der Waals surface area contributed by atoms with Crippen LogP contribution in [0.3, 0.4) is 0 Å². The monoisotopic (exact) mass is 265 g/mol. The van der Waals surface area contributed by atoms with Crippen molar-refractivity contribution < 1.29 is 24.2 Å². The molecule has 0 heterocycles.